The number of sulfonamides is 1. The van der Waals surface area contributed by atoms with Crippen LogP contribution in [0.2, 0.25) is 0 Å². The molecule has 0 aromatic carbocycles. The zero-order valence-electron chi connectivity index (χ0n) is 11.3. The average molecular weight is 315 g/mol. The molecule has 0 bridgehead atoms. The summed E-state index contributed by atoms with van der Waals surface area (Å²) >= 11 is 1.35. The van der Waals surface area contributed by atoms with Crippen LogP contribution in [-0.2, 0) is 10.0 Å². The third-order valence-electron chi connectivity index (χ3n) is 2.38. The van der Waals surface area contributed by atoms with Crippen LogP contribution in [0.3, 0.4) is 0 Å². The molecule has 20 heavy (non-hydrogen) atoms. The molecule has 8 heteroatoms. The summed E-state index contributed by atoms with van der Waals surface area (Å²) in [5.74, 6) is 5.10. The first kappa shape index (κ1) is 16.7. The molecule has 1 heterocycles. The lowest BCUT2D eigenvalue weighted by atomic mass is 10.3. The molecule has 1 amide bonds. The molecule has 0 aliphatic carbocycles. The highest BCUT2D eigenvalue weighted by molar-refractivity contribution is 7.89. The number of carbonyl (C=O) groups excluding carboxylic acids is 1. The molecule has 0 aliphatic heterocycles. The Morgan fingerprint density at radius 3 is 2.80 bits per heavy atom. The maximum absolute atomic E-state index is 11.8. The first-order valence-corrected chi connectivity index (χ1v) is 8.31. The number of hydrogen-bond acceptors (Lipinski definition) is 5. The third-order valence-corrected chi connectivity index (χ3v) is 5.06. The van der Waals surface area contributed by atoms with Crippen LogP contribution in [0.5, 0.6) is 0 Å². The minimum Gasteiger partial charge on any atom is -0.351 e. The summed E-state index contributed by atoms with van der Waals surface area (Å²) in [6.07, 6.45) is 0. The van der Waals surface area contributed by atoms with Crippen molar-refractivity contribution in [2.24, 2.45) is 5.73 Å². The topological polar surface area (TPSA) is 92.5 Å². The number of nitrogens with two attached hydrogens (primary N) is 1. The smallest absolute Gasteiger partial charge is 0.252 e. The Hall–Kier alpha value is -1.40. The molecule has 0 atom stereocenters. The van der Waals surface area contributed by atoms with Gasteiger partial charge < -0.3 is 11.1 Å². The molecule has 110 valence electrons. The average Bonchev–Trinajstić information content (AvgIpc) is 2.84. The second-order valence-corrected chi connectivity index (χ2v) is 7.27. The Morgan fingerprint density at radius 1 is 1.50 bits per heavy atom. The molecule has 1 aromatic rings. The van der Waals surface area contributed by atoms with Gasteiger partial charge >= 0.3 is 0 Å². The Morgan fingerprint density at radius 2 is 2.20 bits per heavy atom. The quantitative estimate of drug-likeness (QED) is 0.728. The van der Waals surface area contributed by atoms with Gasteiger partial charge in [0.15, 0.2) is 0 Å². The molecule has 0 radical (unpaired) electrons. The van der Waals surface area contributed by atoms with Crippen molar-refractivity contribution in [3.8, 4) is 11.8 Å². The van der Waals surface area contributed by atoms with E-state index >= 15 is 0 Å². The van der Waals surface area contributed by atoms with Crippen molar-refractivity contribution in [3.05, 3.63) is 21.9 Å². The van der Waals surface area contributed by atoms with Crippen LogP contribution in [-0.4, -0.2) is 51.6 Å². The summed E-state index contributed by atoms with van der Waals surface area (Å²) < 4.78 is 24.2. The summed E-state index contributed by atoms with van der Waals surface area (Å²) in [6, 6.07) is 1.66. The molecule has 1 aromatic heterocycles. The van der Waals surface area contributed by atoms with E-state index < -0.39 is 10.0 Å². The SMILES string of the molecule is CN(C)S(=O)(=O)CCNC(=O)c1csc(C#CCN)c1. The van der Waals surface area contributed by atoms with Crippen molar-refractivity contribution >= 4 is 27.3 Å². The highest BCUT2D eigenvalue weighted by atomic mass is 32.2. The van der Waals surface area contributed by atoms with Gasteiger partial charge in [0.05, 0.1) is 22.7 Å². The Labute approximate surface area is 123 Å². The Balaban J connectivity index is 2.54. The summed E-state index contributed by atoms with van der Waals surface area (Å²) in [6.45, 7) is 0.334. The van der Waals surface area contributed by atoms with Crippen LogP contribution < -0.4 is 11.1 Å². The van der Waals surface area contributed by atoms with Gasteiger partial charge in [0, 0.05) is 26.0 Å². The first-order chi connectivity index (χ1) is 9.36. The van der Waals surface area contributed by atoms with Crippen LogP contribution in [0, 0.1) is 11.8 Å². The number of thiophene rings is 1. The molecule has 0 saturated carbocycles. The summed E-state index contributed by atoms with van der Waals surface area (Å²) in [5.41, 5.74) is 5.74. The zero-order valence-corrected chi connectivity index (χ0v) is 13.0. The molecule has 3 N–H and O–H groups in total. The Bertz CT molecular complexity index is 624. The van der Waals surface area contributed by atoms with Gasteiger partial charge in [-0.15, -0.1) is 11.3 Å². The minimum absolute atomic E-state index is 0.0685. The maximum Gasteiger partial charge on any atom is 0.252 e. The van der Waals surface area contributed by atoms with Gasteiger partial charge in [0.1, 0.15) is 0 Å². The van der Waals surface area contributed by atoms with E-state index in [9.17, 15) is 13.2 Å². The van der Waals surface area contributed by atoms with Crippen molar-refractivity contribution in [1.82, 2.24) is 9.62 Å². The fourth-order valence-corrected chi connectivity index (χ4v) is 2.72. The normalized spacial score (nSPS) is 11.0. The zero-order chi connectivity index (χ0) is 15.2. The molecule has 0 aliphatic rings. The standard InChI is InChI=1S/C12H17N3O3S2/c1-15(2)20(17,18)7-6-14-12(16)10-8-11(19-9-10)4-3-5-13/h8-9H,5-7,13H2,1-2H3,(H,14,16). The summed E-state index contributed by atoms with van der Waals surface area (Å²) in [7, 11) is -0.384. The second-order valence-electron chi connectivity index (χ2n) is 4.06. The Kier molecular flexibility index (Phi) is 6.16. The molecular weight excluding hydrogens is 298 g/mol. The van der Waals surface area contributed by atoms with Crippen LogP contribution in [0.25, 0.3) is 0 Å². The number of carbonyl (C=O) groups is 1. The molecule has 0 unspecified atom stereocenters. The van der Waals surface area contributed by atoms with Crippen molar-refractivity contribution in [2.75, 3.05) is 32.9 Å². The van der Waals surface area contributed by atoms with Gasteiger partial charge in [-0.25, -0.2) is 12.7 Å². The predicted molar refractivity (Wildman–Crippen MR) is 80.1 cm³/mol. The van der Waals surface area contributed by atoms with Crippen molar-refractivity contribution in [1.29, 1.82) is 0 Å². The summed E-state index contributed by atoms with van der Waals surface area (Å²) in [5, 5.41) is 4.25. The molecule has 0 spiro atoms. The lowest BCUT2D eigenvalue weighted by molar-refractivity contribution is 0.0956. The molecule has 0 saturated heterocycles. The maximum atomic E-state index is 11.8. The number of nitrogens with one attached hydrogen (secondary N) is 1. The van der Waals surface area contributed by atoms with Crippen molar-refractivity contribution < 1.29 is 13.2 Å². The van der Waals surface area contributed by atoms with Gasteiger partial charge in [-0.3, -0.25) is 4.79 Å². The molecule has 0 fully saturated rings. The third kappa shape index (κ3) is 4.94. The predicted octanol–water partition coefficient (Wildman–Crippen LogP) is -0.320. The van der Waals surface area contributed by atoms with E-state index in [2.05, 4.69) is 17.2 Å². The largest absolute Gasteiger partial charge is 0.351 e. The van der Waals surface area contributed by atoms with Crippen molar-refractivity contribution in [3.63, 3.8) is 0 Å². The lowest BCUT2D eigenvalue weighted by Crippen LogP contribution is -2.33. The second kappa shape index (κ2) is 7.40. The number of hydrogen-bond donors (Lipinski definition) is 2. The van der Waals surface area contributed by atoms with Gasteiger partial charge in [0.25, 0.3) is 5.91 Å². The minimum atomic E-state index is -3.30. The molecular formula is C12H17N3O3S2. The van der Waals surface area contributed by atoms with E-state index in [0.29, 0.717) is 5.56 Å². The van der Waals surface area contributed by atoms with Crippen LogP contribution in [0.1, 0.15) is 15.2 Å². The number of amides is 1. The highest BCUT2D eigenvalue weighted by Crippen LogP contribution is 2.13. The van der Waals surface area contributed by atoms with Gasteiger partial charge in [-0.1, -0.05) is 11.8 Å². The van der Waals surface area contributed by atoms with Gasteiger partial charge in [0.2, 0.25) is 10.0 Å². The first-order valence-electron chi connectivity index (χ1n) is 5.82. The van der Waals surface area contributed by atoms with E-state index in [0.717, 1.165) is 9.18 Å². The fraction of sp³-hybridized carbons (Fsp3) is 0.417. The van der Waals surface area contributed by atoms with Crippen molar-refractivity contribution in [2.45, 2.75) is 0 Å². The van der Waals surface area contributed by atoms with Gasteiger partial charge in [-0.05, 0) is 6.07 Å². The van der Waals surface area contributed by atoms with Crippen LogP contribution in [0.4, 0.5) is 0 Å². The van der Waals surface area contributed by atoms with E-state index in [1.54, 1.807) is 11.4 Å². The van der Waals surface area contributed by atoms with Gasteiger partial charge in [-0.2, -0.15) is 0 Å². The summed E-state index contributed by atoms with van der Waals surface area (Å²) in [4.78, 5) is 12.6. The highest BCUT2D eigenvalue weighted by Gasteiger charge is 2.14. The van der Waals surface area contributed by atoms with Crippen LogP contribution >= 0.6 is 11.3 Å². The molecule has 1 rings (SSSR count). The van der Waals surface area contributed by atoms with E-state index in [1.165, 1.54) is 25.4 Å². The van der Waals surface area contributed by atoms with E-state index in [1.807, 2.05) is 0 Å². The molecule has 6 nitrogen and oxygen atoms in total. The number of nitrogens with zero attached hydrogens (tertiary/aromatic N) is 1. The van der Waals surface area contributed by atoms with Crippen LogP contribution in [0.15, 0.2) is 11.4 Å². The number of rotatable bonds is 5. The monoisotopic (exact) mass is 315 g/mol. The lowest BCUT2D eigenvalue weighted by Gasteiger charge is -2.11. The fourth-order valence-electron chi connectivity index (χ4n) is 1.24. The van der Waals surface area contributed by atoms with E-state index in [4.69, 9.17) is 5.73 Å². The van der Waals surface area contributed by atoms with E-state index in [-0.39, 0.29) is 24.7 Å².